The van der Waals surface area contributed by atoms with E-state index in [0.29, 0.717) is 6.04 Å². The maximum Gasteiger partial charge on any atom is 0.120 e. The number of nitrogens with one attached hydrogen (secondary N) is 1. The van der Waals surface area contributed by atoms with Crippen LogP contribution in [0.15, 0.2) is 30.5 Å². The predicted molar refractivity (Wildman–Crippen MR) is 90.1 cm³/mol. The van der Waals surface area contributed by atoms with Crippen LogP contribution in [0.2, 0.25) is 0 Å². The third-order valence-electron chi connectivity index (χ3n) is 3.89. The van der Waals surface area contributed by atoms with E-state index < -0.39 is 0 Å². The van der Waals surface area contributed by atoms with Gasteiger partial charge in [0.2, 0.25) is 0 Å². The zero-order chi connectivity index (χ0) is 15.2. The van der Waals surface area contributed by atoms with Gasteiger partial charge in [-0.2, -0.15) is 0 Å². The minimum Gasteiger partial charge on any atom is -0.491 e. The number of nitrogens with zero attached hydrogens (tertiary/aromatic N) is 1. The summed E-state index contributed by atoms with van der Waals surface area (Å²) in [6, 6.07) is 9.15. The molecule has 0 bridgehead atoms. The van der Waals surface area contributed by atoms with Gasteiger partial charge in [-0.15, -0.1) is 0 Å². The molecule has 21 heavy (non-hydrogen) atoms. The van der Waals surface area contributed by atoms with Gasteiger partial charge in [-0.1, -0.05) is 13.8 Å². The van der Waals surface area contributed by atoms with Gasteiger partial charge < -0.3 is 14.6 Å². The molecule has 0 aliphatic carbocycles. The van der Waals surface area contributed by atoms with E-state index in [1.807, 2.05) is 0 Å². The van der Waals surface area contributed by atoms with Crippen molar-refractivity contribution in [2.24, 2.45) is 0 Å². The smallest absolute Gasteiger partial charge is 0.120 e. The van der Waals surface area contributed by atoms with Crippen LogP contribution in [0.3, 0.4) is 0 Å². The molecule has 2 rings (SSSR count). The van der Waals surface area contributed by atoms with E-state index in [1.54, 1.807) is 0 Å². The van der Waals surface area contributed by atoms with E-state index in [4.69, 9.17) is 4.74 Å². The maximum absolute atomic E-state index is 5.75. The van der Waals surface area contributed by atoms with Crippen molar-refractivity contribution >= 4 is 10.9 Å². The van der Waals surface area contributed by atoms with Crippen molar-refractivity contribution in [1.29, 1.82) is 0 Å². The highest BCUT2D eigenvalue weighted by molar-refractivity contribution is 5.81. The van der Waals surface area contributed by atoms with Crippen LogP contribution in [0.4, 0.5) is 0 Å². The van der Waals surface area contributed by atoms with Crippen molar-refractivity contribution in [3.8, 4) is 5.75 Å². The number of rotatable bonds is 8. The fraction of sp³-hybridized carbons (Fsp3) is 0.556. The Labute approximate surface area is 128 Å². The van der Waals surface area contributed by atoms with Crippen molar-refractivity contribution < 1.29 is 4.74 Å². The summed E-state index contributed by atoms with van der Waals surface area (Å²) in [7, 11) is 0. The lowest BCUT2D eigenvalue weighted by Gasteiger charge is -2.15. The maximum atomic E-state index is 5.75. The molecule has 2 aromatic rings. The lowest BCUT2D eigenvalue weighted by atomic mass is 10.2. The van der Waals surface area contributed by atoms with Crippen molar-refractivity contribution in [3.05, 3.63) is 30.5 Å². The summed E-state index contributed by atoms with van der Waals surface area (Å²) in [6.45, 7) is 10.6. The molecule has 0 unspecified atom stereocenters. The minimum atomic E-state index is 0.216. The van der Waals surface area contributed by atoms with E-state index in [-0.39, 0.29) is 6.10 Å². The number of aromatic nitrogens is 1. The summed E-state index contributed by atoms with van der Waals surface area (Å²) in [6.07, 6.45) is 4.77. The molecule has 0 radical (unpaired) electrons. The first-order valence-electron chi connectivity index (χ1n) is 8.13. The molecule has 0 aliphatic heterocycles. The predicted octanol–water partition coefficient (Wildman–Crippen LogP) is 4.21. The molecule has 0 fully saturated rings. The average molecular weight is 288 g/mol. The van der Waals surface area contributed by atoms with Gasteiger partial charge in [0.05, 0.1) is 6.10 Å². The Morgan fingerprint density at radius 1 is 1.14 bits per heavy atom. The van der Waals surface area contributed by atoms with Crippen molar-refractivity contribution in [2.75, 3.05) is 6.54 Å². The summed E-state index contributed by atoms with van der Waals surface area (Å²) >= 11 is 0. The Hall–Kier alpha value is -1.48. The second-order valence-corrected chi connectivity index (χ2v) is 5.86. The lowest BCUT2D eigenvalue weighted by molar-refractivity contribution is 0.243. The van der Waals surface area contributed by atoms with E-state index in [9.17, 15) is 0 Å². The van der Waals surface area contributed by atoms with Crippen LogP contribution in [0.25, 0.3) is 10.9 Å². The zero-order valence-corrected chi connectivity index (χ0v) is 13.7. The fourth-order valence-electron chi connectivity index (χ4n) is 2.69. The molecule has 3 nitrogen and oxygen atoms in total. The summed E-state index contributed by atoms with van der Waals surface area (Å²) in [5.74, 6) is 0.949. The molecule has 1 aromatic carbocycles. The molecule has 0 saturated carbocycles. The van der Waals surface area contributed by atoms with Crippen LogP contribution >= 0.6 is 0 Å². The van der Waals surface area contributed by atoms with Crippen LogP contribution in [0, 0.1) is 0 Å². The number of ether oxygens (including phenoxy) is 1. The fourth-order valence-corrected chi connectivity index (χ4v) is 2.69. The summed E-state index contributed by atoms with van der Waals surface area (Å²) < 4.78 is 8.06. The third kappa shape index (κ3) is 4.24. The Balaban J connectivity index is 2.01. The first kappa shape index (κ1) is 15.9. The lowest BCUT2D eigenvalue weighted by Crippen LogP contribution is -2.30. The average Bonchev–Trinajstić information content (AvgIpc) is 2.85. The second-order valence-electron chi connectivity index (χ2n) is 5.86. The van der Waals surface area contributed by atoms with Crippen molar-refractivity contribution in [3.63, 3.8) is 0 Å². The van der Waals surface area contributed by atoms with Crippen LogP contribution in [-0.4, -0.2) is 23.3 Å². The van der Waals surface area contributed by atoms with Crippen molar-refractivity contribution in [2.45, 2.75) is 59.2 Å². The second kappa shape index (κ2) is 7.51. The van der Waals surface area contributed by atoms with E-state index in [2.05, 4.69) is 68.0 Å². The molecule has 0 atom stereocenters. The number of fused-ring (bicyclic) bond motifs is 1. The molecule has 0 amide bonds. The Kier molecular flexibility index (Phi) is 5.68. The third-order valence-corrected chi connectivity index (χ3v) is 3.89. The summed E-state index contributed by atoms with van der Waals surface area (Å²) in [5, 5.41) is 4.86. The van der Waals surface area contributed by atoms with E-state index in [0.717, 1.165) is 18.8 Å². The van der Waals surface area contributed by atoms with Crippen LogP contribution in [0.5, 0.6) is 5.75 Å². The quantitative estimate of drug-likeness (QED) is 0.787. The first-order chi connectivity index (χ1) is 10.1. The molecule has 1 N–H and O–H groups in total. The highest BCUT2D eigenvalue weighted by Gasteiger charge is 2.05. The highest BCUT2D eigenvalue weighted by Crippen LogP contribution is 2.22. The Morgan fingerprint density at radius 2 is 1.90 bits per heavy atom. The molecule has 1 heterocycles. The largest absolute Gasteiger partial charge is 0.491 e. The molecule has 0 aliphatic rings. The van der Waals surface area contributed by atoms with Gasteiger partial charge in [0.25, 0.3) is 0 Å². The minimum absolute atomic E-state index is 0.216. The van der Waals surface area contributed by atoms with Gasteiger partial charge in [0.15, 0.2) is 0 Å². The molecular formula is C18H28N2O. The van der Waals surface area contributed by atoms with Crippen molar-refractivity contribution in [1.82, 2.24) is 9.88 Å². The zero-order valence-electron chi connectivity index (χ0n) is 13.7. The summed E-state index contributed by atoms with van der Waals surface area (Å²) in [5.41, 5.74) is 1.28. The number of benzene rings is 1. The van der Waals surface area contributed by atoms with Crippen LogP contribution in [0.1, 0.15) is 40.5 Å². The molecule has 3 heteroatoms. The highest BCUT2D eigenvalue weighted by atomic mass is 16.5. The normalized spacial score (nSPS) is 11.7. The van der Waals surface area contributed by atoms with Gasteiger partial charge in [-0.05, 0) is 51.0 Å². The van der Waals surface area contributed by atoms with Crippen LogP contribution in [-0.2, 0) is 6.54 Å². The summed E-state index contributed by atoms with van der Waals surface area (Å²) in [4.78, 5) is 0. The molecule has 116 valence electrons. The SMILES string of the molecule is CCC(CC)NCCn1ccc2cc(OC(C)C)ccc21. The monoisotopic (exact) mass is 288 g/mol. The van der Waals surface area contributed by atoms with E-state index >= 15 is 0 Å². The van der Waals surface area contributed by atoms with Gasteiger partial charge in [0.1, 0.15) is 5.75 Å². The number of hydrogen-bond acceptors (Lipinski definition) is 2. The molecular weight excluding hydrogens is 260 g/mol. The topological polar surface area (TPSA) is 26.2 Å². The van der Waals surface area contributed by atoms with Crippen LogP contribution < -0.4 is 10.1 Å². The van der Waals surface area contributed by atoms with Gasteiger partial charge in [-0.25, -0.2) is 0 Å². The number of hydrogen-bond donors (Lipinski definition) is 1. The Morgan fingerprint density at radius 3 is 2.57 bits per heavy atom. The molecule has 1 aromatic heterocycles. The van der Waals surface area contributed by atoms with Gasteiger partial charge >= 0.3 is 0 Å². The van der Waals surface area contributed by atoms with Gasteiger partial charge in [-0.3, -0.25) is 0 Å². The molecule has 0 saturated heterocycles. The first-order valence-corrected chi connectivity index (χ1v) is 8.13. The van der Waals surface area contributed by atoms with E-state index in [1.165, 1.54) is 23.7 Å². The van der Waals surface area contributed by atoms with Gasteiger partial charge in [0, 0.05) is 36.2 Å². The standard InChI is InChI=1S/C18H28N2O/c1-5-16(6-2)19-10-12-20-11-9-15-13-17(21-14(3)4)7-8-18(15)20/h7-9,11,13-14,16,19H,5-6,10,12H2,1-4H3. The molecule has 0 spiro atoms. The Bertz CT molecular complexity index is 555.